The Morgan fingerprint density at radius 3 is 2.38 bits per heavy atom. The van der Waals surface area contributed by atoms with Crippen LogP contribution in [-0.4, -0.2) is 12.3 Å². The largest absolute Gasteiger partial charge is 0.338 e. The van der Waals surface area contributed by atoms with Crippen LogP contribution >= 0.6 is 7.80 Å². The molecule has 0 bridgehead atoms. The molecule has 0 aromatic rings. The van der Waals surface area contributed by atoms with Crippen LogP contribution in [0.4, 0.5) is 0 Å². The van der Waals surface area contributed by atoms with E-state index in [0.29, 0.717) is 0 Å². The van der Waals surface area contributed by atoms with Gasteiger partial charge in [-0.15, -0.1) is 0 Å². The summed E-state index contributed by atoms with van der Waals surface area (Å²) in [4.78, 5) is 0. The molecular formula is C6H14OP+. The van der Waals surface area contributed by atoms with Gasteiger partial charge < -0.3 is 0 Å². The average molecular weight is 133 g/mol. The summed E-state index contributed by atoms with van der Waals surface area (Å²) in [6.07, 6.45) is 4.09. The van der Waals surface area contributed by atoms with Crippen LogP contribution < -0.4 is 0 Å². The van der Waals surface area contributed by atoms with Gasteiger partial charge >= 0.3 is 7.80 Å². The number of hydrogen-bond donors (Lipinski definition) is 0. The van der Waals surface area contributed by atoms with E-state index in [9.17, 15) is 4.57 Å². The fraction of sp³-hybridized carbons (Fsp3) is 1.00. The van der Waals surface area contributed by atoms with E-state index in [-0.39, 0.29) is 0 Å². The third-order valence-electron chi connectivity index (χ3n) is 1.11. The molecule has 0 aromatic carbocycles. The fourth-order valence-corrected chi connectivity index (χ4v) is 1.48. The monoisotopic (exact) mass is 133 g/mol. The number of unbranched alkanes of at least 4 members (excludes halogenated alkanes) is 1. The number of hydrogen-bond acceptors (Lipinski definition) is 1. The lowest BCUT2D eigenvalue weighted by Gasteiger charge is -1.80. The second kappa shape index (κ2) is 5.24. The van der Waals surface area contributed by atoms with Crippen molar-refractivity contribution in [3.05, 3.63) is 0 Å². The summed E-state index contributed by atoms with van der Waals surface area (Å²) < 4.78 is 10.7. The van der Waals surface area contributed by atoms with Crippen molar-refractivity contribution in [2.24, 2.45) is 0 Å². The van der Waals surface area contributed by atoms with Crippen molar-refractivity contribution in [1.82, 2.24) is 0 Å². The first-order valence-corrected chi connectivity index (χ1v) is 4.86. The maximum absolute atomic E-state index is 10.7. The van der Waals surface area contributed by atoms with Crippen molar-refractivity contribution >= 4 is 7.80 Å². The second-order valence-corrected chi connectivity index (χ2v) is 3.92. The zero-order chi connectivity index (χ0) is 6.41. The Hall–Kier alpha value is 0.100. The van der Waals surface area contributed by atoms with Crippen molar-refractivity contribution in [3.63, 3.8) is 0 Å². The molecule has 0 fully saturated rings. The third-order valence-corrected chi connectivity index (χ3v) is 2.63. The van der Waals surface area contributed by atoms with E-state index in [1.165, 1.54) is 6.42 Å². The van der Waals surface area contributed by atoms with Gasteiger partial charge in [-0.2, -0.15) is 0 Å². The average Bonchev–Trinajstić information content (AvgIpc) is 1.83. The van der Waals surface area contributed by atoms with E-state index < -0.39 is 7.80 Å². The predicted octanol–water partition coefficient (Wildman–Crippen LogP) is 2.63. The smallest absolute Gasteiger partial charge is 0.0749 e. The van der Waals surface area contributed by atoms with Crippen LogP contribution in [0.2, 0.25) is 0 Å². The molecule has 0 spiro atoms. The lowest BCUT2D eigenvalue weighted by Crippen LogP contribution is -1.77. The van der Waals surface area contributed by atoms with Gasteiger partial charge in [0.15, 0.2) is 0 Å². The molecule has 0 aromatic heterocycles. The van der Waals surface area contributed by atoms with Crippen LogP contribution in [0, 0.1) is 0 Å². The summed E-state index contributed by atoms with van der Waals surface area (Å²) in [5.74, 6) is 0. The minimum atomic E-state index is -0.834. The van der Waals surface area contributed by atoms with Gasteiger partial charge in [-0.1, -0.05) is 17.9 Å². The van der Waals surface area contributed by atoms with Gasteiger partial charge in [0.25, 0.3) is 0 Å². The van der Waals surface area contributed by atoms with Crippen molar-refractivity contribution in [2.75, 3.05) is 12.3 Å². The topological polar surface area (TPSA) is 17.1 Å². The third kappa shape index (κ3) is 4.26. The van der Waals surface area contributed by atoms with E-state index in [1.54, 1.807) is 0 Å². The first-order chi connectivity index (χ1) is 3.81. The summed E-state index contributed by atoms with van der Waals surface area (Å²) in [6, 6.07) is 0. The molecule has 1 nitrogen and oxygen atoms in total. The van der Waals surface area contributed by atoms with Gasteiger partial charge in [-0.3, -0.25) is 0 Å². The van der Waals surface area contributed by atoms with Crippen molar-refractivity contribution < 1.29 is 4.57 Å². The summed E-state index contributed by atoms with van der Waals surface area (Å²) in [7, 11) is -0.834. The molecule has 0 radical (unpaired) electrons. The minimum Gasteiger partial charge on any atom is -0.0749 e. The molecular weight excluding hydrogens is 119 g/mol. The van der Waals surface area contributed by atoms with E-state index in [4.69, 9.17) is 0 Å². The summed E-state index contributed by atoms with van der Waals surface area (Å²) in [6.45, 7) is 4.10. The normalized spacial score (nSPS) is 11.5. The van der Waals surface area contributed by atoms with Gasteiger partial charge in [0, 0.05) is 0 Å². The Kier molecular flexibility index (Phi) is 5.31. The van der Waals surface area contributed by atoms with E-state index in [0.717, 1.165) is 18.7 Å². The van der Waals surface area contributed by atoms with Gasteiger partial charge in [-0.25, -0.2) is 0 Å². The Balaban J connectivity index is 2.99. The first-order valence-electron chi connectivity index (χ1n) is 3.23. The first kappa shape index (κ1) is 8.10. The summed E-state index contributed by atoms with van der Waals surface area (Å²) in [5.41, 5.74) is 0. The minimum absolute atomic E-state index is 0.834. The zero-order valence-electron chi connectivity index (χ0n) is 5.68. The highest BCUT2D eigenvalue weighted by Gasteiger charge is 2.07. The van der Waals surface area contributed by atoms with E-state index in [1.807, 2.05) is 6.92 Å². The van der Waals surface area contributed by atoms with Crippen LogP contribution in [0.5, 0.6) is 0 Å². The van der Waals surface area contributed by atoms with Crippen LogP contribution in [0.1, 0.15) is 26.7 Å². The molecule has 0 aliphatic carbocycles. The number of rotatable bonds is 4. The van der Waals surface area contributed by atoms with Crippen molar-refractivity contribution in [1.29, 1.82) is 0 Å². The predicted molar refractivity (Wildman–Crippen MR) is 37.9 cm³/mol. The van der Waals surface area contributed by atoms with Crippen LogP contribution in [0.15, 0.2) is 0 Å². The molecule has 0 saturated carbocycles. The van der Waals surface area contributed by atoms with Gasteiger partial charge in [0.1, 0.15) is 12.3 Å². The Morgan fingerprint density at radius 2 is 2.00 bits per heavy atom. The Bertz CT molecular complexity index is 70.9. The molecule has 48 valence electrons. The maximum atomic E-state index is 10.7. The molecule has 1 atom stereocenters. The van der Waals surface area contributed by atoms with Crippen LogP contribution in [0.3, 0.4) is 0 Å². The van der Waals surface area contributed by atoms with Crippen molar-refractivity contribution in [2.45, 2.75) is 26.7 Å². The molecule has 0 saturated heterocycles. The standard InChI is InChI=1S/C6H14OP/c1-3-5-6-8(7)4-2/h3-6H2,1-2H3/q+1. The SMILES string of the molecule is CCCC[P+](=O)CC. The van der Waals surface area contributed by atoms with Gasteiger partial charge in [0.05, 0.1) is 0 Å². The molecule has 0 N–H and O–H groups in total. The zero-order valence-corrected chi connectivity index (χ0v) is 6.58. The van der Waals surface area contributed by atoms with Crippen LogP contribution in [0.25, 0.3) is 0 Å². The molecule has 8 heavy (non-hydrogen) atoms. The van der Waals surface area contributed by atoms with E-state index in [2.05, 4.69) is 6.92 Å². The molecule has 0 heterocycles. The lowest BCUT2D eigenvalue weighted by atomic mass is 10.4. The molecule has 0 rings (SSSR count). The molecule has 2 heteroatoms. The summed E-state index contributed by atoms with van der Waals surface area (Å²) >= 11 is 0. The maximum Gasteiger partial charge on any atom is 0.338 e. The van der Waals surface area contributed by atoms with Gasteiger partial charge in [0.2, 0.25) is 0 Å². The highest BCUT2D eigenvalue weighted by atomic mass is 31.1. The Labute approximate surface area is 52.3 Å². The fourth-order valence-electron chi connectivity index (χ4n) is 0.493. The molecule has 1 unspecified atom stereocenters. The quantitative estimate of drug-likeness (QED) is 0.539. The molecule has 0 amide bonds. The van der Waals surface area contributed by atoms with E-state index >= 15 is 0 Å². The second-order valence-electron chi connectivity index (χ2n) is 1.88. The molecule has 0 aliphatic rings. The highest BCUT2D eigenvalue weighted by molar-refractivity contribution is 7.44. The molecule has 0 aliphatic heterocycles. The Morgan fingerprint density at radius 1 is 1.38 bits per heavy atom. The summed E-state index contributed by atoms with van der Waals surface area (Å²) in [5, 5.41) is 0. The lowest BCUT2D eigenvalue weighted by molar-refractivity contribution is 0.586. The van der Waals surface area contributed by atoms with Gasteiger partial charge in [-0.05, 0) is 13.3 Å². The van der Waals surface area contributed by atoms with Crippen LogP contribution in [-0.2, 0) is 4.57 Å². The van der Waals surface area contributed by atoms with Crippen molar-refractivity contribution in [3.8, 4) is 0 Å². The highest BCUT2D eigenvalue weighted by Crippen LogP contribution is 2.20.